The average molecular weight is 129 g/mol. The Morgan fingerprint density at radius 1 is 1.50 bits per heavy atom. The molecule has 2 nitrogen and oxygen atoms in total. The summed E-state index contributed by atoms with van der Waals surface area (Å²) in [5.74, 6) is 0. The SMILES string of the molecule is [Cl][Zn].[N+]=[N-]. The molecule has 0 aromatic rings. The van der Waals surface area contributed by atoms with Gasteiger partial charge in [0.1, 0.15) is 0 Å². The molecule has 0 aliphatic rings. The number of nitrogens with zero attached hydrogens (tertiary/aromatic N) is 2. The monoisotopic (exact) mass is 127 g/mol. The average Bonchev–Trinajstić information content (AvgIpc) is 1.50. The number of halogens is 1. The molecule has 4 heavy (non-hydrogen) atoms. The van der Waals surface area contributed by atoms with Crippen molar-refractivity contribution in [3.63, 3.8) is 0 Å². The fourth-order valence-corrected chi connectivity index (χ4v) is 0. The Balaban J connectivity index is 0. The van der Waals surface area contributed by atoms with Crippen LogP contribution in [0.4, 0.5) is 0 Å². The molecule has 0 aliphatic heterocycles. The molecule has 0 aromatic carbocycles. The van der Waals surface area contributed by atoms with Gasteiger partial charge in [-0.05, 0) is 0 Å². The predicted molar refractivity (Wildman–Crippen MR) is 11.3 cm³/mol. The third kappa shape index (κ3) is 21.8. The Kier molecular flexibility index (Phi) is 186. The van der Waals surface area contributed by atoms with Crippen LogP contribution in [0.3, 0.4) is 0 Å². The topological polar surface area (TPSA) is 44.6 Å². The fourth-order valence-electron chi connectivity index (χ4n) is 0. The van der Waals surface area contributed by atoms with Crippen LogP contribution >= 0.6 is 9.69 Å². The second-order valence-electron chi connectivity index (χ2n) is 0. The van der Waals surface area contributed by atoms with Gasteiger partial charge in [-0.15, -0.1) is 0 Å². The van der Waals surface area contributed by atoms with E-state index in [-0.39, 0.29) is 0 Å². The smallest absolute Gasteiger partial charge is 0.339 e. The second-order valence-corrected chi connectivity index (χ2v) is 0. The molecule has 0 amide bonds. The first-order valence-corrected chi connectivity index (χ1v) is 4.37. The molecule has 0 aliphatic carbocycles. The number of hydrogen-bond donors (Lipinski definition) is 0. The molecule has 4 heteroatoms. The third-order valence-corrected chi connectivity index (χ3v) is 0. The maximum Gasteiger partial charge on any atom is 0.339 e. The van der Waals surface area contributed by atoms with Crippen molar-refractivity contribution in [1.29, 1.82) is 0 Å². The maximum atomic E-state index is 6.00. The van der Waals surface area contributed by atoms with Crippen LogP contribution in [-0.4, -0.2) is 0 Å². The molecular formula is ClN2Zn. The van der Waals surface area contributed by atoms with Crippen molar-refractivity contribution in [2.24, 2.45) is 0 Å². The molecule has 0 N–H and O–H groups in total. The summed E-state index contributed by atoms with van der Waals surface area (Å²) in [6.45, 7) is 0. The second kappa shape index (κ2) is 84.2. The zero-order valence-corrected chi connectivity index (χ0v) is 5.70. The standard InChI is InChI=1S/ClH.N2.Zn/c;1-2;/h1H;;/q;;+1/p-1. The van der Waals surface area contributed by atoms with Gasteiger partial charge in [0.2, 0.25) is 0 Å². The molecule has 2 radical (unpaired) electrons. The van der Waals surface area contributed by atoms with Crippen molar-refractivity contribution in [2.45, 2.75) is 0 Å². The first kappa shape index (κ1) is 8.82. The van der Waals surface area contributed by atoms with E-state index in [0.717, 1.165) is 17.3 Å². The van der Waals surface area contributed by atoms with E-state index in [9.17, 15) is 0 Å². The summed E-state index contributed by atoms with van der Waals surface area (Å²) in [6, 6.07) is 0. The van der Waals surface area contributed by atoms with Crippen molar-refractivity contribution >= 4 is 9.69 Å². The molecule has 19 valence electrons. The Morgan fingerprint density at radius 3 is 1.50 bits per heavy atom. The van der Waals surface area contributed by atoms with Gasteiger partial charge in [0.05, 0.1) is 0 Å². The Bertz CT molecular complexity index is 6.00. The van der Waals surface area contributed by atoms with Crippen molar-refractivity contribution < 1.29 is 17.3 Å². The zero-order valence-electron chi connectivity index (χ0n) is 1.98. The summed E-state index contributed by atoms with van der Waals surface area (Å²) in [5, 5.41) is 0. The minimum atomic E-state index is 0.847. The molecule has 0 saturated heterocycles. The Hall–Kier alpha value is 0.513. The molecule has 0 rings (SSSR count). The largest absolute Gasteiger partial charge is 0.339 e. The van der Waals surface area contributed by atoms with Crippen molar-refractivity contribution in [2.75, 3.05) is 0 Å². The van der Waals surface area contributed by atoms with Crippen molar-refractivity contribution in [1.82, 2.24) is 5.53 Å². The zero-order chi connectivity index (χ0) is 4.00. The summed E-state index contributed by atoms with van der Waals surface area (Å²) in [6.07, 6.45) is 0. The third-order valence-electron chi connectivity index (χ3n) is 0. The maximum absolute atomic E-state index is 6.00. The first-order valence-electron chi connectivity index (χ1n) is 0.467. The Morgan fingerprint density at radius 2 is 1.50 bits per heavy atom. The van der Waals surface area contributed by atoms with Crippen molar-refractivity contribution in [3.05, 3.63) is 5.53 Å². The van der Waals surface area contributed by atoms with Gasteiger partial charge in [-0.3, -0.25) is 0 Å². The Labute approximate surface area is 38.6 Å². The summed E-state index contributed by atoms with van der Waals surface area (Å²) in [7, 11) is 4.76. The van der Waals surface area contributed by atoms with Gasteiger partial charge in [0.15, 0.2) is 0 Å². The van der Waals surface area contributed by atoms with E-state index in [1.165, 1.54) is 0 Å². The van der Waals surface area contributed by atoms with E-state index in [0.29, 0.717) is 0 Å². The molecule has 0 heterocycles. The number of hydrogen-bond acceptors (Lipinski definition) is 0. The van der Waals surface area contributed by atoms with Gasteiger partial charge in [0, 0.05) is 0 Å². The van der Waals surface area contributed by atoms with Gasteiger partial charge in [-0.1, -0.05) is 0 Å². The molecule has 0 fully saturated rings. The molecule has 0 spiro atoms. The molecule has 0 unspecified atom stereocenters. The van der Waals surface area contributed by atoms with Crippen LogP contribution in [0.15, 0.2) is 0 Å². The van der Waals surface area contributed by atoms with Gasteiger partial charge >= 0.3 is 32.5 Å². The van der Waals surface area contributed by atoms with Crippen LogP contribution in [0.5, 0.6) is 0 Å². The molecule has 0 bridgehead atoms. The molecular weight excluding hydrogens is 129 g/mol. The minimum Gasteiger partial charge on any atom is -0.339 e. The predicted octanol–water partition coefficient (Wildman–Crippen LogP) is 0.495. The minimum absolute atomic E-state index is 0.847. The summed E-state index contributed by atoms with van der Waals surface area (Å²) < 4.78 is 0. The van der Waals surface area contributed by atoms with Gasteiger partial charge < -0.3 is 5.53 Å². The number of rotatable bonds is 0. The van der Waals surface area contributed by atoms with E-state index in [1.54, 1.807) is 0 Å². The normalized spacial score (nSPS) is 2.75. The first-order chi connectivity index (χ1) is 2.00. The van der Waals surface area contributed by atoms with Crippen LogP contribution in [-0.2, 0) is 17.3 Å². The van der Waals surface area contributed by atoms with E-state index >= 15 is 0 Å². The van der Waals surface area contributed by atoms with Crippen LogP contribution in [0.1, 0.15) is 0 Å². The van der Waals surface area contributed by atoms with Crippen molar-refractivity contribution in [3.8, 4) is 0 Å². The molecule has 0 aromatic heterocycles. The summed E-state index contributed by atoms with van der Waals surface area (Å²) in [5.41, 5.74) is 12.0. The quantitative estimate of drug-likeness (QED) is 0.337. The van der Waals surface area contributed by atoms with Gasteiger partial charge in [-0.25, -0.2) is 0 Å². The van der Waals surface area contributed by atoms with Crippen LogP contribution in [0, 0.1) is 0 Å². The molecule has 0 atom stereocenters. The van der Waals surface area contributed by atoms with Crippen LogP contribution in [0.25, 0.3) is 5.53 Å². The van der Waals surface area contributed by atoms with E-state index in [2.05, 4.69) is 0 Å². The van der Waals surface area contributed by atoms with Gasteiger partial charge in [-0.2, -0.15) is 0 Å². The summed E-state index contributed by atoms with van der Waals surface area (Å²) in [4.78, 5) is 0. The van der Waals surface area contributed by atoms with E-state index in [1.807, 2.05) is 0 Å². The fraction of sp³-hybridized carbons (Fsp3) is 0. The van der Waals surface area contributed by atoms with Crippen LogP contribution in [0.2, 0.25) is 0 Å². The van der Waals surface area contributed by atoms with E-state index in [4.69, 9.17) is 20.8 Å². The van der Waals surface area contributed by atoms with Crippen LogP contribution < -0.4 is 5.53 Å². The van der Waals surface area contributed by atoms with E-state index < -0.39 is 0 Å². The van der Waals surface area contributed by atoms with Gasteiger partial charge in [0.25, 0.3) is 0 Å². The molecule has 0 saturated carbocycles. The summed E-state index contributed by atoms with van der Waals surface area (Å²) >= 11 is 0.847.